The molecule has 22 heavy (non-hydrogen) atoms. The monoisotopic (exact) mass is 342 g/mol. The van der Waals surface area contributed by atoms with E-state index >= 15 is 0 Å². The van der Waals surface area contributed by atoms with E-state index in [-0.39, 0.29) is 38.6 Å². The Balaban J connectivity index is 0.00000242. The standard InChI is InChI=1S/C13H14F4N2O2.ClH/c14-11-2-1-8(13(15,16)17)5-10(11)12(20)19-3-4-21-9(6-18)7-19;/h1-2,5,9H,3-4,6-7,18H2;1H. The van der Waals surface area contributed by atoms with Crippen LogP contribution in [0.3, 0.4) is 0 Å². The summed E-state index contributed by atoms with van der Waals surface area (Å²) in [6.07, 6.45) is -5.02. The second-order valence-electron chi connectivity index (χ2n) is 4.67. The second-order valence-corrected chi connectivity index (χ2v) is 4.67. The number of rotatable bonds is 2. The first-order chi connectivity index (χ1) is 9.82. The number of hydrogen-bond acceptors (Lipinski definition) is 3. The number of ether oxygens (including phenoxy) is 1. The topological polar surface area (TPSA) is 55.6 Å². The largest absolute Gasteiger partial charge is 0.416 e. The summed E-state index contributed by atoms with van der Waals surface area (Å²) in [6, 6.07) is 1.79. The predicted octanol–water partition coefficient (Wildman–Crippen LogP) is 2.07. The molecule has 0 aromatic heterocycles. The number of benzene rings is 1. The van der Waals surface area contributed by atoms with Gasteiger partial charge in [-0.2, -0.15) is 13.2 Å². The smallest absolute Gasteiger partial charge is 0.373 e. The van der Waals surface area contributed by atoms with Crippen LogP contribution in [0.1, 0.15) is 15.9 Å². The highest BCUT2D eigenvalue weighted by molar-refractivity contribution is 5.94. The van der Waals surface area contributed by atoms with E-state index in [1.807, 2.05) is 0 Å². The molecule has 1 heterocycles. The van der Waals surface area contributed by atoms with Crippen molar-refractivity contribution in [1.82, 2.24) is 4.90 Å². The molecule has 1 unspecified atom stereocenters. The van der Waals surface area contributed by atoms with E-state index in [4.69, 9.17) is 10.5 Å². The molecule has 1 atom stereocenters. The lowest BCUT2D eigenvalue weighted by Gasteiger charge is -2.32. The number of nitrogens with two attached hydrogens (primary N) is 1. The van der Waals surface area contributed by atoms with Gasteiger partial charge in [0.05, 0.1) is 23.8 Å². The van der Waals surface area contributed by atoms with Crippen molar-refractivity contribution in [2.24, 2.45) is 5.73 Å². The first kappa shape index (κ1) is 18.7. The minimum atomic E-state index is -4.63. The van der Waals surface area contributed by atoms with Crippen molar-refractivity contribution in [2.45, 2.75) is 12.3 Å². The number of hydrogen-bond donors (Lipinski definition) is 1. The normalized spacial score (nSPS) is 18.8. The van der Waals surface area contributed by atoms with Gasteiger partial charge in [0.25, 0.3) is 5.91 Å². The molecule has 4 nitrogen and oxygen atoms in total. The van der Waals surface area contributed by atoms with Gasteiger partial charge < -0.3 is 15.4 Å². The van der Waals surface area contributed by atoms with E-state index in [0.717, 1.165) is 0 Å². The highest BCUT2D eigenvalue weighted by atomic mass is 35.5. The summed E-state index contributed by atoms with van der Waals surface area (Å²) in [5.74, 6) is -1.77. The van der Waals surface area contributed by atoms with Crippen molar-refractivity contribution in [3.63, 3.8) is 0 Å². The molecule has 0 aliphatic carbocycles. The van der Waals surface area contributed by atoms with Crippen LogP contribution in [0, 0.1) is 5.82 Å². The van der Waals surface area contributed by atoms with Crippen molar-refractivity contribution in [1.29, 1.82) is 0 Å². The summed E-state index contributed by atoms with van der Waals surface area (Å²) < 4.78 is 56.8. The van der Waals surface area contributed by atoms with Crippen LogP contribution in [0.15, 0.2) is 18.2 Å². The predicted molar refractivity (Wildman–Crippen MR) is 73.3 cm³/mol. The van der Waals surface area contributed by atoms with Crippen molar-refractivity contribution >= 4 is 18.3 Å². The van der Waals surface area contributed by atoms with E-state index in [9.17, 15) is 22.4 Å². The Morgan fingerprint density at radius 3 is 2.68 bits per heavy atom. The third-order valence-corrected chi connectivity index (χ3v) is 3.21. The van der Waals surface area contributed by atoms with Crippen molar-refractivity contribution in [3.05, 3.63) is 35.1 Å². The zero-order valence-electron chi connectivity index (χ0n) is 11.4. The highest BCUT2D eigenvalue weighted by Crippen LogP contribution is 2.30. The van der Waals surface area contributed by atoms with Gasteiger partial charge in [0.1, 0.15) is 5.82 Å². The minimum absolute atomic E-state index is 0. The van der Waals surface area contributed by atoms with Gasteiger partial charge in [-0.3, -0.25) is 4.79 Å². The molecule has 0 saturated carbocycles. The number of halogens is 5. The molecule has 0 spiro atoms. The lowest BCUT2D eigenvalue weighted by atomic mass is 10.1. The summed E-state index contributed by atoms with van der Waals surface area (Å²) in [4.78, 5) is 13.4. The van der Waals surface area contributed by atoms with E-state index in [0.29, 0.717) is 18.2 Å². The molecule has 1 aliphatic rings. The third-order valence-electron chi connectivity index (χ3n) is 3.21. The van der Waals surface area contributed by atoms with Gasteiger partial charge in [-0.1, -0.05) is 0 Å². The molecule has 1 aliphatic heterocycles. The fourth-order valence-corrected chi connectivity index (χ4v) is 2.08. The van der Waals surface area contributed by atoms with Crippen LogP contribution >= 0.6 is 12.4 Å². The summed E-state index contributed by atoms with van der Waals surface area (Å²) >= 11 is 0. The zero-order chi connectivity index (χ0) is 15.6. The maximum Gasteiger partial charge on any atom is 0.416 e. The number of alkyl halides is 3. The van der Waals surface area contributed by atoms with Crippen LogP contribution in [0.25, 0.3) is 0 Å². The fourth-order valence-electron chi connectivity index (χ4n) is 2.08. The van der Waals surface area contributed by atoms with Gasteiger partial charge in [-0.15, -0.1) is 12.4 Å². The molecule has 1 aromatic carbocycles. The lowest BCUT2D eigenvalue weighted by Crippen LogP contribution is -2.48. The van der Waals surface area contributed by atoms with Gasteiger partial charge in [0.2, 0.25) is 0 Å². The number of amides is 1. The van der Waals surface area contributed by atoms with Crippen molar-refractivity contribution < 1.29 is 27.1 Å². The first-order valence-corrected chi connectivity index (χ1v) is 6.30. The number of carbonyl (C=O) groups excluding carboxylic acids is 1. The second kappa shape index (κ2) is 7.26. The maximum absolute atomic E-state index is 13.7. The maximum atomic E-state index is 13.7. The van der Waals surface area contributed by atoms with Crippen LogP contribution in [0.5, 0.6) is 0 Å². The molecule has 9 heteroatoms. The SMILES string of the molecule is Cl.NCC1CN(C(=O)c2cc(C(F)(F)F)ccc2F)CCO1. The number of morpholine rings is 1. The van der Waals surface area contributed by atoms with Crippen LogP contribution in [-0.2, 0) is 10.9 Å². The molecule has 1 saturated heterocycles. The highest BCUT2D eigenvalue weighted by Gasteiger charge is 2.33. The van der Waals surface area contributed by atoms with Crippen LogP contribution < -0.4 is 5.73 Å². The Morgan fingerprint density at radius 2 is 2.09 bits per heavy atom. The average molecular weight is 343 g/mol. The minimum Gasteiger partial charge on any atom is -0.373 e. The Labute approximate surface area is 130 Å². The Hall–Kier alpha value is -1.38. The summed E-state index contributed by atoms with van der Waals surface area (Å²) in [5.41, 5.74) is 3.78. The molecule has 2 rings (SSSR count). The van der Waals surface area contributed by atoms with E-state index in [1.54, 1.807) is 0 Å². The Bertz CT molecular complexity index is 539. The summed E-state index contributed by atoms with van der Waals surface area (Å²) in [7, 11) is 0. The molecule has 1 amide bonds. The quantitative estimate of drug-likeness (QED) is 0.837. The van der Waals surface area contributed by atoms with Gasteiger partial charge >= 0.3 is 6.18 Å². The fraction of sp³-hybridized carbons (Fsp3) is 0.462. The summed E-state index contributed by atoms with van der Waals surface area (Å²) in [5, 5.41) is 0. The van der Waals surface area contributed by atoms with Crippen molar-refractivity contribution in [2.75, 3.05) is 26.2 Å². The third kappa shape index (κ3) is 4.08. The van der Waals surface area contributed by atoms with Gasteiger partial charge in [-0.05, 0) is 18.2 Å². The average Bonchev–Trinajstić information content (AvgIpc) is 2.46. The van der Waals surface area contributed by atoms with Crippen LogP contribution in [0.2, 0.25) is 0 Å². The number of carbonyl (C=O) groups is 1. The molecule has 124 valence electrons. The van der Waals surface area contributed by atoms with E-state index in [2.05, 4.69) is 0 Å². The van der Waals surface area contributed by atoms with E-state index < -0.39 is 35.1 Å². The molecular weight excluding hydrogens is 328 g/mol. The molecule has 0 radical (unpaired) electrons. The van der Waals surface area contributed by atoms with Gasteiger partial charge in [-0.25, -0.2) is 4.39 Å². The molecule has 0 bridgehead atoms. The molecular formula is C13H15ClF4N2O2. The Morgan fingerprint density at radius 1 is 1.41 bits per heavy atom. The van der Waals surface area contributed by atoms with Crippen LogP contribution in [0.4, 0.5) is 17.6 Å². The first-order valence-electron chi connectivity index (χ1n) is 6.30. The van der Waals surface area contributed by atoms with Gasteiger partial charge in [0, 0.05) is 19.6 Å². The lowest BCUT2D eigenvalue weighted by molar-refractivity contribution is -0.137. The Kier molecular flexibility index (Phi) is 6.16. The van der Waals surface area contributed by atoms with Gasteiger partial charge in [0.15, 0.2) is 0 Å². The van der Waals surface area contributed by atoms with Crippen LogP contribution in [-0.4, -0.2) is 43.2 Å². The molecule has 1 fully saturated rings. The zero-order valence-corrected chi connectivity index (χ0v) is 12.2. The number of nitrogens with zero attached hydrogens (tertiary/aromatic N) is 1. The molecule has 1 aromatic rings. The molecule has 2 N–H and O–H groups in total. The van der Waals surface area contributed by atoms with Crippen molar-refractivity contribution in [3.8, 4) is 0 Å². The van der Waals surface area contributed by atoms with E-state index in [1.165, 1.54) is 4.90 Å². The summed E-state index contributed by atoms with van der Waals surface area (Å²) in [6.45, 7) is 0.707.